The molecule has 32 heteroatoms. The van der Waals surface area contributed by atoms with Crippen molar-refractivity contribution >= 4 is 82.8 Å². The van der Waals surface area contributed by atoms with Crippen molar-refractivity contribution in [2.45, 2.75) is 89.6 Å². The second kappa shape index (κ2) is 26.2. The van der Waals surface area contributed by atoms with E-state index in [1.807, 2.05) is 0 Å². The van der Waals surface area contributed by atoms with Crippen molar-refractivity contribution < 1.29 is 101 Å². The molecule has 456 valence electrons. The molecule has 86 heavy (non-hydrogen) atoms. The number of carbonyl (C=O) groups excluding carboxylic acids is 6. The van der Waals surface area contributed by atoms with Crippen molar-refractivity contribution in [3.8, 4) is 12.1 Å². The smallest absolute Gasteiger partial charge is 0.350 e. The third kappa shape index (κ3) is 14.4. The van der Waals surface area contributed by atoms with Gasteiger partial charge in [0, 0.05) is 60.2 Å². The number of likely N-dealkylation sites (tertiary alicyclic amines) is 2. The Hall–Kier alpha value is -8.24. The Morgan fingerprint density at radius 1 is 0.628 bits per heavy atom. The molecule has 0 radical (unpaired) electrons. The number of nitrogens with one attached hydrogen (secondary N) is 2. The first-order chi connectivity index (χ1) is 40.3. The van der Waals surface area contributed by atoms with Crippen LogP contribution in [0, 0.1) is 34.3 Å². The van der Waals surface area contributed by atoms with Crippen molar-refractivity contribution in [1.29, 1.82) is 10.5 Å². The molecular formula is C54H48F10N8O12P2. The number of nitriles is 2. The van der Waals surface area contributed by atoms with Crippen LogP contribution in [0.5, 0.6) is 0 Å². The van der Waals surface area contributed by atoms with E-state index in [-0.39, 0.29) is 75.7 Å². The van der Waals surface area contributed by atoms with E-state index in [4.69, 9.17) is 19.6 Å². The zero-order valence-electron chi connectivity index (χ0n) is 44.8. The summed E-state index contributed by atoms with van der Waals surface area (Å²) in [5.41, 5.74) is -2.57. The maximum atomic E-state index is 14.5. The molecule has 2 aliphatic rings. The zero-order chi connectivity index (χ0) is 63.4. The lowest BCUT2D eigenvalue weighted by atomic mass is 10.1. The topological polar surface area (TPSA) is 283 Å². The number of aromatic nitrogens is 2. The van der Waals surface area contributed by atoms with E-state index < -0.39 is 154 Å². The lowest BCUT2D eigenvalue weighted by Crippen LogP contribution is -2.46. The van der Waals surface area contributed by atoms with Gasteiger partial charge in [0.15, 0.2) is 0 Å². The molecule has 2 aliphatic heterocycles. The number of hydrogen-bond donors (Lipinski definition) is 4. The van der Waals surface area contributed by atoms with Crippen LogP contribution >= 0.6 is 15.2 Å². The van der Waals surface area contributed by atoms with Gasteiger partial charge in [-0.15, -0.1) is 0 Å². The molecule has 4 amide bonds. The van der Waals surface area contributed by atoms with Gasteiger partial charge in [-0.2, -0.15) is 36.9 Å². The monoisotopic (exact) mass is 1250 g/mol. The van der Waals surface area contributed by atoms with Crippen LogP contribution < -0.4 is 21.2 Å². The normalized spacial score (nSPS) is 17.2. The van der Waals surface area contributed by atoms with Gasteiger partial charge < -0.3 is 48.4 Å². The molecule has 8 rings (SSSR count). The van der Waals surface area contributed by atoms with E-state index >= 15 is 0 Å². The maximum Gasteiger partial charge on any atom is 0.454 e. The number of ketones is 2. The SMILES string of the molecule is CCOP(=O)(OCC)c1ccc2c(C(=O)C(F)(F)F)cn(CC(=O)N3C[C@H](F)C[C@H]3C(=O)NCc3cccc(C#N)c3F)c2c1.N#Cc1cccc(CNC(=O)[C@@H]2C[C@@H](F)CN2C(=O)Cn2cc(C(=O)C(F)(F)F)c3ccc(P(=O)(O)O)cc32)c1F. The molecule has 4 N–H and O–H groups in total. The first kappa shape index (κ1) is 65.3. The Labute approximate surface area is 480 Å². The number of carbonyl (C=O) groups is 6. The summed E-state index contributed by atoms with van der Waals surface area (Å²) in [4.78, 5) is 97.5. The van der Waals surface area contributed by atoms with Gasteiger partial charge in [-0.05, 0) is 50.2 Å². The molecule has 0 spiro atoms. The second-order valence-corrected chi connectivity index (χ2v) is 22.9. The first-order valence-electron chi connectivity index (χ1n) is 25.6. The Bertz CT molecular complexity index is 3840. The van der Waals surface area contributed by atoms with Gasteiger partial charge >= 0.3 is 27.5 Å². The van der Waals surface area contributed by atoms with Crippen LogP contribution in [-0.2, 0) is 63.5 Å². The highest BCUT2D eigenvalue weighted by molar-refractivity contribution is 7.62. The number of halogens is 10. The number of fused-ring (bicyclic) bond motifs is 2. The fourth-order valence-electron chi connectivity index (χ4n) is 9.66. The van der Waals surface area contributed by atoms with E-state index in [9.17, 15) is 91.6 Å². The molecular weight excluding hydrogens is 1200 g/mol. The molecule has 20 nitrogen and oxygen atoms in total. The number of alkyl halides is 8. The molecule has 4 aromatic carbocycles. The molecule has 2 fully saturated rings. The second-order valence-electron chi connectivity index (χ2n) is 19.3. The number of nitrogens with zero attached hydrogens (tertiary/aromatic N) is 6. The van der Waals surface area contributed by atoms with Crippen LogP contribution in [0.15, 0.2) is 85.2 Å². The van der Waals surface area contributed by atoms with Crippen LogP contribution in [0.1, 0.15) is 69.7 Å². The molecule has 4 heterocycles. The average molecular weight is 1250 g/mol. The van der Waals surface area contributed by atoms with Gasteiger partial charge in [-0.3, -0.25) is 37.9 Å². The van der Waals surface area contributed by atoms with Gasteiger partial charge in [0.2, 0.25) is 23.6 Å². The highest BCUT2D eigenvalue weighted by Gasteiger charge is 2.45. The Kier molecular flexibility index (Phi) is 19.9. The number of Topliss-reactive ketones (excluding diaryl/α,β-unsaturated/α-hetero) is 2. The minimum atomic E-state index is -5.29. The molecule has 0 bridgehead atoms. The summed E-state index contributed by atoms with van der Waals surface area (Å²) in [6.07, 6.45) is -13.1. The Morgan fingerprint density at radius 3 is 1.37 bits per heavy atom. The van der Waals surface area contributed by atoms with E-state index in [0.29, 0.717) is 6.20 Å². The van der Waals surface area contributed by atoms with Gasteiger partial charge in [0.25, 0.3) is 11.6 Å². The Balaban J connectivity index is 0.000000247. The first-order valence-corrected chi connectivity index (χ1v) is 28.7. The molecule has 0 unspecified atom stereocenters. The van der Waals surface area contributed by atoms with E-state index in [0.717, 1.165) is 49.4 Å². The van der Waals surface area contributed by atoms with Crippen molar-refractivity contribution in [1.82, 2.24) is 29.6 Å². The predicted molar refractivity (Wildman–Crippen MR) is 283 cm³/mol. The van der Waals surface area contributed by atoms with E-state index in [1.165, 1.54) is 48.5 Å². The van der Waals surface area contributed by atoms with Crippen molar-refractivity contribution in [2.75, 3.05) is 26.3 Å². The van der Waals surface area contributed by atoms with Gasteiger partial charge in [0.1, 0.15) is 61.3 Å². The molecule has 0 aliphatic carbocycles. The summed E-state index contributed by atoms with van der Waals surface area (Å²) in [5, 5.41) is 21.6. The van der Waals surface area contributed by atoms with Crippen molar-refractivity contribution in [3.05, 3.63) is 130 Å². The van der Waals surface area contributed by atoms with Crippen LogP contribution in [-0.4, -0.2) is 127 Å². The van der Waals surface area contributed by atoms with Crippen LogP contribution in [0.25, 0.3) is 21.8 Å². The third-order valence-electron chi connectivity index (χ3n) is 13.6. The van der Waals surface area contributed by atoms with E-state index in [1.54, 1.807) is 26.0 Å². The molecule has 6 aromatic rings. The minimum absolute atomic E-state index is 0.0112. The molecule has 4 atom stereocenters. The summed E-state index contributed by atoms with van der Waals surface area (Å²) < 4.78 is 175. The molecule has 2 saturated heterocycles. The highest BCUT2D eigenvalue weighted by Crippen LogP contribution is 2.47. The summed E-state index contributed by atoms with van der Waals surface area (Å²) in [5.74, 6) is -9.61. The number of amides is 4. The lowest BCUT2D eigenvalue weighted by Gasteiger charge is -2.24. The predicted octanol–water partition coefficient (Wildman–Crippen LogP) is 7.00. The average Bonchev–Trinajstić information content (AvgIpc) is 1.89. The maximum absolute atomic E-state index is 14.5. The zero-order valence-corrected chi connectivity index (χ0v) is 46.6. The summed E-state index contributed by atoms with van der Waals surface area (Å²) in [7, 11) is -8.81. The largest absolute Gasteiger partial charge is 0.454 e. The molecule has 2 aromatic heterocycles. The standard InChI is InChI=1S/C29H28F5N4O6P.C25H20F5N4O6P/c1-3-43-45(42,44-4-2)20-8-9-21-22(27(40)29(32,33)34)15-37(23(21)11-20)16-25(39)38-14-19(30)10-24(38)28(41)36-13-18-7-5-6-17(12-35)26(18)31;26-15-6-20(24(37)32-9-14-3-1-2-13(8-31)22(14)27)34(10-15)21(35)12-33-11-18(23(36)25(28,29)30)17-5-4-16(7-19(17)33)41(38,39)40/h5-9,11,15,19,24H,3-4,10,13-14,16H2,1-2H3,(H,36,41);1-5,7,11,15,20H,6,9-10,12H2,(H,32,37)(H2,38,39,40)/t19-,24+;15-,20+/m11/s1. The minimum Gasteiger partial charge on any atom is -0.350 e. The summed E-state index contributed by atoms with van der Waals surface area (Å²) in [6.45, 7) is -0.227. The number of benzene rings is 4. The van der Waals surface area contributed by atoms with Crippen LogP contribution in [0.2, 0.25) is 0 Å². The van der Waals surface area contributed by atoms with Crippen molar-refractivity contribution in [2.24, 2.45) is 0 Å². The van der Waals surface area contributed by atoms with E-state index in [2.05, 4.69) is 10.6 Å². The molecule has 0 saturated carbocycles. The number of hydrogen-bond acceptors (Lipinski definition) is 12. The van der Waals surface area contributed by atoms with Gasteiger partial charge in [-0.1, -0.05) is 36.4 Å². The fourth-order valence-corrected chi connectivity index (χ4v) is 11.8. The van der Waals surface area contributed by atoms with Gasteiger partial charge in [-0.25, -0.2) is 17.6 Å². The summed E-state index contributed by atoms with van der Waals surface area (Å²) >= 11 is 0. The number of rotatable bonds is 18. The third-order valence-corrected chi connectivity index (χ3v) is 16.7. The van der Waals surface area contributed by atoms with Crippen molar-refractivity contribution in [3.63, 3.8) is 0 Å². The van der Waals surface area contributed by atoms with Crippen LogP contribution in [0.3, 0.4) is 0 Å². The van der Waals surface area contributed by atoms with Gasteiger partial charge in [0.05, 0.1) is 70.2 Å². The van der Waals surface area contributed by atoms with Crippen LogP contribution in [0.4, 0.5) is 43.9 Å². The lowest BCUT2D eigenvalue weighted by molar-refractivity contribution is -0.139. The summed E-state index contributed by atoms with van der Waals surface area (Å²) in [6, 6.07) is 14.7. The fraction of sp³-hybridized carbons (Fsp3) is 0.333. The Morgan fingerprint density at radius 2 is 1.01 bits per heavy atom. The quantitative estimate of drug-likeness (QED) is 0.0383. The highest BCUT2D eigenvalue weighted by atomic mass is 31.2.